The fourth-order valence-corrected chi connectivity index (χ4v) is 12.3. The Morgan fingerprint density at radius 2 is 1.04 bits per heavy atom. The van der Waals surface area contributed by atoms with E-state index in [9.17, 15) is 0 Å². The molecule has 0 spiro atoms. The Morgan fingerprint density at radius 3 is 1.85 bits per heavy atom. The molecule has 13 aromatic rings. The van der Waals surface area contributed by atoms with E-state index in [2.05, 4.69) is 235 Å². The molecule has 344 valence electrons. The van der Waals surface area contributed by atoms with Crippen LogP contribution in [0, 0.1) is 0 Å². The Kier molecular flexibility index (Phi) is 9.06. The highest BCUT2D eigenvalue weighted by molar-refractivity contribution is 6.26. The molecule has 2 aliphatic carbocycles. The molecule has 0 N–H and O–H groups in total. The third-order valence-electron chi connectivity index (χ3n) is 15.8. The van der Waals surface area contributed by atoms with Crippen LogP contribution in [-0.4, -0.2) is 24.1 Å². The Hall–Kier alpha value is -9.19. The molecule has 0 aliphatic heterocycles. The molecule has 0 saturated heterocycles. The lowest BCUT2D eigenvalue weighted by atomic mass is 9.81. The number of benzene rings is 10. The van der Waals surface area contributed by atoms with Crippen molar-refractivity contribution in [3.05, 3.63) is 248 Å². The van der Waals surface area contributed by atoms with Crippen molar-refractivity contribution in [2.45, 2.75) is 31.6 Å². The number of allylic oxidation sites excluding steroid dienone is 4. The van der Waals surface area contributed by atoms with Crippen molar-refractivity contribution in [1.29, 1.82) is 0 Å². The van der Waals surface area contributed by atoms with Gasteiger partial charge in [-0.2, -0.15) is 0 Å². The van der Waals surface area contributed by atoms with Gasteiger partial charge in [0.25, 0.3) is 0 Å². The largest absolute Gasteiger partial charge is 0.309 e. The number of nitrogens with zero attached hydrogens (tertiary/aromatic N) is 5. The maximum Gasteiger partial charge on any atom is 0.163 e. The van der Waals surface area contributed by atoms with Gasteiger partial charge in [0.1, 0.15) is 5.82 Å². The van der Waals surface area contributed by atoms with Crippen LogP contribution >= 0.6 is 0 Å². The van der Waals surface area contributed by atoms with Gasteiger partial charge in [0.05, 0.1) is 22.1 Å². The van der Waals surface area contributed by atoms with Crippen LogP contribution in [0.2, 0.25) is 0 Å². The molecule has 3 heterocycles. The number of aromatic nitrogens is 5. The summed E-state index contributed by atoms with van der Waals surface area (Å²) in [5.41, 5.74) is 16.3. The average Bonchev–Trinajstić information content (AvgIpc) is 4.06. The minimum absolute atomic E-state index is 0.0939. The van der Waals surface area contributed by atoms with E-state index in [1.807, 2.05) is 18.2 Å². The fraction of sp³-hybridized carbons (Fsp3) is 0.0735. The van der Waals surface area contributed by atoms with E-state index in [0.717, 1.165) is 34.7 Å². The minimum atomic E-state index is -0.299. The Balaban J connectivity index is 0.892. The van der Waals surface area contributed by atoms with Crippen molar-refractivity contribution in [1.82, 2.24) is 24.1 Å². The molecule has 0 bridgehead atoms. The van der Waals surface area contributed by atoms with Gasteiger partial charge >= 0.3 is 0 Å². The lowest BCUT2D eigenvalue weighted by molar-refractivity contribution is 0.660. The SMILES string of the molecule is CC1(C)c2cc(-c3nc(-c4ccccc4)nc(C4C=CC=CC4)n3)ccc2-c2ccc(-n3c4ccc(-c5cc6c(c7ccccc57)c5ccccc5n6-c5ccccc5)cc4c4c5ccccc5ccc43)cc21. The second-order valence-electron chi connectivity index (χ2n) is 20.3. The van der Waals surface area contributed by atoms with Gasteiger partial charge in [-0.15, -0.1) is 0 Å². The summed E-state index contributed by atoms with van der Waals surface area (Å²) in [6.45, 7) is 4.73. The van der Waals surface area contributed by atoms with Crippen molar-refractivity contribution in [3.63, 3.8) is 0 Å². The highest BCUT2D eigenvalue weighted by atomic mass is 15.0. The molecule has 73 heavy (non-hydrogen) atoms. The molecule has 2 aliphatic rings. The maximum absolute atomic E-state index is 5.17. The molecule has 1 unspecified atom stereocenters. The Labute approximate surface area is 422 Å². The highest BCUT2D eigenvalue weighted by Crippen LogP contribution is 2.51. The molecule has 0 saturated carbocycles. The zero-order valence-electron chi connectivity index (χ0n) is 40.5. The van der Waals surface area contributed by atoms with Crippen LogP contribution < -0.4 is 0 Å². The third kappa shape index (κ3) is 6.31. The predicted octanol–water partition coefficient (Wildman–Crippen LogP) is 17.3. The van der Waals surface area contributed by atoms with E-state index in [1.54, 1.807) is 0 Å². The van der Waals surface area contributed by atoms with Crippen molar-refractivity contribution < 1.29 is 0 Å². The van der Waals surface area contributed by atoms with Gasteiger partial charge in [0.2, 0.25) is 0 Å². The monoisotopic (exact) mass is 933 g/mol. The van der Waals surface area contributed by atoms with Crippen LogP contribution in [0.25, 0.3) is 122 Å². The van der Waals surface area contributed by atoms with Gasteiger partial charge < -0.3 is 9.13 Å². The van der Waals surface area contributed by atoms with Gasteiger partial charge in [-0.25, -0.2) is 15.0 Å². The molecule has 3 aromatic heterocycles. The van der Waals surface area contributed by atoms with Crippen molar-refractivity contribution in [3.8, 4) is 56.4 Å². The molecule has 10 aromatic carbocycles. The van der Waals surface area contributed by atoms with Crippen LogP contribution in [0.4, 0.5) is 0 Å². The van der Waals surface area contributed by atoms with Crippen LogP contribution in [0.3, 0.4) is 0 Å². The molecule has 5 nitrogen and oxygen atoms in total. The molecule has 0 radical (unpaired) electrons. The Bertz CT molecular complexity index is 4490. The second kappa shape index (κ2) is 15.9. The zero-order chi connectivity index (χ0) is 48.4. The number of fused-ring (bicyclic) bond motifs is 13. The van der Waals surface area contributed by atoms with E-state index < -0.39 is 0 Å². The second-order valence-corrected chi connectivity index (χ2v) is 20.3. The lowest BCUT2D eigenvalue weighted by Crippen LogP contribution is -2.15. The van der Waals surface area contributed by atoms with Crippen LogP contribution in [-0.2, 0) is 5.41 Å². The lowest BCUT2D eigenvalue weighted by Gasteiger charge is -2.23. The van der Waals surface area contributed by atoms with Gasteiger partial charge in [0, 0.05) is 55.4 Å². The average molecular weight is 934 g/mol. The molecule has 1 atom stereocenters. The number of para-hydroxylation sites is 2. The van der Waals surface area contributed by atoms with Gasteiger partial charge in [0.15, 0.2) is 11.6 Å². The summed E-state index contributed by atoms with van der Waals surface area (Å²) in [7, 11) is 0. The van der Waals surface area contributed by atoms with E-state index >= 15 is 0 Å². The first kappa shape index (κ1) is 41.6. The zero-order valence-corrected chi connectivity index (χ0v) is 40.5. The maximum atomic E-state index is 5.17. The highest BCUT2D eigenvalue weighted by Gasteiger charge is 2.36. The first-order chi connectivity index (χ1) is 36.0. The minimum Gasteiger partial charge on any atom is -0.309 e. The first-order valence-corrected chi connectivity index (χ1v) is 25.4. The summed E-state index contributed by atoms with van der Waals surface area (Å²) in [5, 5.41) is 10.0. The van der Waals surface area contributed by atoms with Gasteiger partial charge in [-0.05, 0) is 122 Å². The first-order valence-electron chi connectivity index (χ1n) is 25.4. The topological polar surface area (TPSA) is 48.5 Å². The summed E-state index contributed by atoms with van der Waals surface area (Å²) in [5.74, 6) is 2.29. The van der Waals surface area contributed by atoms with E-state index in [-0.39, 0.29) is 11.3 Å². The number of hydrogen-bond donors (Lipinski definition) is 0. The summed E-state index contributed by atoms with van der Waals surface area (Å²) in [6, 6.07) is 75.8. The molecule has 15 rings (SSSR count). The van der Waals surface area contributed by atoms with Crippen LogP contribution in [0.15, 0.2) is 231 Å². The smallest absolute Gasteiger partial charge is 0.163 e. The Morgan fingerprint density at radius 1 is 0.411 bits per heavy atom. The molecule has 0 amide bonds. The van der Waals surface area contributed by atoms with Crippen molar-refractivity contribution in [2.24, 2.45) is 0 Å². The fourth-order valence-electron chi connectivity index (χ4n) is 12.3. The molecular weight excluding hydrogens is 887 g/mol. The van der Waals surface area contributed by atoms with Crippen molar-refractivity contribution in [2.75, 3.05) is 0 Å². The normalized spacial score (nSPS) is 14.8. The summed E-state index contributed by atoms with van der Waals surface area (Å²) < 4.78 is 4.93. The quantitative estimate of drug-likeness (QED) is 0.167. The van der Waals surface area contributed by atoms with Gasteiger partial charge in [-0.1, -0.05) is 184 Å². The molecule has 5 heteroatoms. The number of hydrogen-bond acceptors (Lipinski definition) is 3. The standard InChI is InChI=1S/C68H47N5/c1-68(2)57-39-46(67-70-65(43-19-6-3-7-20-43)69-66(71-67)44-21-8-4-9-22-44)30-34-51(57)52-35-33-48(40-58(52)68)73-60-36-32-45(38-56(60)63-49-25-13-12-18-42(49)31-37-61(63)73)55-41-62-64(53-27-15-14-26-50(53)55)54-28-16-17-29-59(54)72(62)47-23-10-5-11-24-47/h3-21,23-41,44H,22H2,1-2H3. The van der Waals surface area contributed by atoms with E-state index in [0.29, 0.717) is 11.6 Å². The van der Waals surface area contributed by atoms with E-state index in [1.165, 1.54) is 98.5 Å². The van der Waals surface area contributed by atoms with Gasteiger partial charge in [-0.3, -0.25) is 0 Å². The van der Waals surface area contributed by atoms with E-state index in [4.69, 9.17) is 15.0 Å². The van der Waals surface area contributed by atoms with Crippen molar-refractivity contribution >= 4 is 65.2 Å². The summed E-state index contributed by atoms with van der Waals surface area (Å²) >= 11 is 0. The van der Waals surface area contributed by atoms with Crippen LogP contribution in [0.5, 0.6) is 0 Å². The third-order valence-corrected chi connectivity index (χ3v) is 15.8. The van der Waals surface area contributed by atoms with Crippen LogP contribution in [0.1, 0.15) is 43.1 Å². The summed E-state index contributed by atoms with van der Waals surface area (Å²) in [6.07, 6.45) is 9.44. The predicted molar refractivity (Wildman–Crippen MR) is 303 cm³/mol. The molecule has 0 fully saturated rings. The summed E-state index contributed by atoms with van der Waals surface area (Å²) in [4.78, 5) is 15.3. The number of rotatable bonds is 6. The molecular formula is C68H47N5.